The van der Waals surface area contributed by atoms with Crippen LogP contribution in [-0.4, -0.2) is 35.8 Å². The lowest BCUT2D eigenvalue weighted by Gasteiger charge is -2.31. The van der Waals surface area contributed by atoms with Crippen molar-refractivity contribution in [1.29, 1.82) is 0 Å². The molecule has 0 spiro atoms. The molecule has 1 fully saturated rings. The van der Waals surface area contributed by atoms with Gasteiger partial charge in [-0.25, -0.2) is 17.7 Å². The van der Waals surface area contributed by atoms with Crippen LogP contribution in [0.1, 0.15) is 35.6 Å². The van der Waals surface area contributed by atoms with Gasteiger partial charge < -0.3 is 5.32 Å². The summed E-state index contributed by atoms with van der Waals surface area (Å²) in [7, 11) is -3.30. The summed E-state index contributed by atoms with van der Waals surface area (Å²) in [6, 6.07) is 17.4. The fraction of sp³-hybridized carbons (Fsp3) is 0.304. The summed E-state index contributed by atoms with van der Waals surface area (Å²) >= 11 is 0. The van der Waals surface area contributed by atoms with Gasteiger partial charge in [-0.3, -0.25) is 4.98 Å². The normalized spacial score (nSPS) is 15.8. The van der Waals surface area contributed by atoms with E-state index in [2.05, 4.69) is 15.3 Å². The molecule has 1 aliphatic heterocycles. The molecular weight excluding hydrogens is 396 g/mol. The number of pyridine rings is 2. The van der Waals surface area contributed by atoms with Gasteiger partial charge in [0.05, 0.1) is 17.6 Å². The van der Waals surface area contributed by atoms with E-state index in [1.807, 2.05) is 67.7 Å². The molecule has 30 heavy (non-hydrogen) atoms. The van der Waals surface area contributed by atoms with Gasteiger partial charge in [0.15, 0.2) is 0 Å². The number of benzene rings is 1. The number of sulfonamides is 1. The number of hydrogen-bond acceptors (Lipinski definition) is 5. The summed E-state index contributed by atoms with van der Waals surface area (Å²) in [6.07, 6.45) is 5.12. The Labute approximate surface area is 178 Å². The van der Waals surface area contributed by atoms with E-state index in [0.717, 1.165) is 41.2 Å². The molecule has 6 nitrogen and oxygen atoms in total. The third-order valence-electron chi connectivity index (χ3n) is 5.42. The first-order valence-electron chi connectivity index (χ1n) is 10.2. The van der Waals surface area contributed by atoms with Crippen LogP contribution in [-0.2, 0) is 15.8 Å². The van der Waals surface area contributed by atoms with E-state index in [9.17, 15) is 8.42 Å². The highest BCUT2D eigenvalue weighted by Gasteiger charge is 2.29. The molecule has 0 atom stereocenters. The maximum Gasteiger partial charge on any atom is 0.218 e. The van der Waals surface area contributed by atoms with Gasteiger partial charge in [0, 0.05) is 30.9 Å². The number of anilines is 2. The predicted molar refractivity (Wildman–Crippen MR) is 119 cm³/mol. The lowest BCUT2D eigenvalue weighted by molar-refractivity contribution is 0.316. The highest BCUT2D eigenvalue weighted by atomic mass is 32.2. The molecule has 1 saturated heterocycles. The average molecular weight is 423 g/mol. The molecule has 0 radical (unpaired) electrons. The molecule has 156 valence electrons. The summed E-state index contributed by atoms with van der Waals surface area (Å²) < 4.78 is 27.3. The van der Waals surface area contributed by atoms with Gasteiger partial charge in [-0.15, -0.1) is 0 Å². The number of aryl methyl sites for hydroxylation is 1. The number of nitrogens with zero attached hydrogens (tertiary/aromatic N) is 3. The molecular formula is C23H26N4O2S. The largest absolute Gasteiger partial charge is 0.339 e. The van der Waals surface area contributed by atoms with Gasteiger partial charge in [-0.05, 0) is 49.6 Å². The first kappa shape index (κ1) is 20.5. The second-order valence-electron chi connectivity index (χ2n) is 7.73. The minimum absolute atomic E-state index is 0.0610. The van der Waals surface area contributed by atoms with Crippen LogP contribution in [0.2, 0.25) is 0 Å². The fourth-order valence-electron chi connectivity index (χ4n) is 3.84. The summed E-state index contributed by atoms with van der Waals surface area (Å²) in [5, 5.41) is 3.23. The third-order valence-corrected chi connectivity index (χ3v) is 7.27. The van der Waals surface area contributed by atoms with Crippen LogP contribution in [0.3, 0.4) is 0 Å². The average Bonchev–Trinajstić information content (AvgIpc) is 2.75. The topological polar surface area (TPSA) is 75.2 Å². The van der Waals surface area contributed by atoms with Gasteiger partial charge in [-0.1, -0.05) is 35.9 Å². The number of hydrogen-bond donors (Lipinski definition) is 1. The monoisotopic (exact) mass is 422 g/mol. The van der Waals surface area contributed by atoms with Crippen molar-refractivity contribution in [2.24, 2.45) is 0 Å². The molecule has 2 aromatic heterocycles. The Morgan fingerprint density at radius 3 is 2.53 bits per heavy atom. The molecule has 0 aliphatic carbocycles. The molecule has 7 heteroatoms. The maximum atomic E-state index is 12.8. The molecule has 4 rings (SSSR count). The summed E-state index contributed by atoms with van der Waals surface area (Å²) in [6.45, 7) is 3.05. The summed E-state index contributed by atoms with van der Waals surface area (Å²) in [5.41, 5.74) is 3.82. The molecule has 1 N–H and O–H groups in total. The van der Waals surface area contributed by atoms with Crippen molar-refractivity contribution in [2.75, 3.05) is 18.4 Å². The first-order chi connectivity index (χ1) is 14.5. The van der Waals surface area contributed by atoms with Crippen LogP contribution in [0, 0.1) is 6.92 Å². The van der Waals surface area contributed by atoms with Gasteiger partial charge in [0.1, 0.15) is 5.82 Å². The van der Waals surface area contributed by atoms with E-state index in [0.29, 0.717) is 13.1 Å². The van der Waals surface area contributed by atoms with Crippen molar-refractivity contribution in [3.8, 4) is 0 Å². The Hall–Kier alpha value is -2.77. The van der Waals surface area contributed by atoms with Crippen molar-refractivity contribution in [2.45, 2.75) is 31.4 Å². The molecule has 3 heterocycles. The van der Waals surface area contributed by atoms with Crippen molar-refractivity contribution >= 4 is 21.5 Å². The minimum atomic E-state index is -3.30. The quantitative estimate of drug-likeness (QED) is 0.643. The Morgan fingerprint density at radius 2 is 1.87 bits per heavy atom. The minimum Gasteiger partial charge on any atom is -0.339 e. The van der Waals surface area contributed by atoms with Crippen LogP contribution in [0.15, 0.2) is 67.0 Å². The van der Waals surface area contributed by atoms with E-state index in [4.69, 9.17) is 0 Å². The van der Waals surface area contributed by atoms with Gasteiger partial charge in [0.25, 0.3) is 0 Å². The Balaban J connectivity index is 1.35. The smallest absolute Gasteiger partial charge is 0.218 e. The Morgan fingerprint density at radius 1 is 1.03 bits per heavy atom. The highest BCUT2D eigenvalue weighted by molar-refractivity contribution is 7.88. The summed E-state index contributed by atoms with van der Waals surface area (Å²) in [4.78, 5) is 8.86. The molecule has 0 saturated carbocycles. The molecule has 1 aliphatic rings. The standard InChI is InChI=1S/C23H26N4O2S/c1-18-5-4-6-19(15-18)17-30(28,29)27-13-10-20(11-14-27)22-9-8-21(16-25-22)26-23-7-2-3-12-24-23/h2-9,12,15-16,20H,10-11,13-14,17H2,1H3,(H,24,26). The van der Waals surface area contributed by atoms with E-state index < -0.39 is 10.0 Å². The number of rotatable bonds is 6. The maximum absolute atomic E-state index is 12.8. The second-order valence-corrected chi connectivity index (χ2v) is 9.70. The predicted octanol–water partition coefficient (Wildman–Crippen LogP) is 4.24. The van der Waals surface area contributed by atoms with Crippen molar-refractivity contribution in [1.82, 2.24) is 14.3 Å². The third kappa shape index (κ3) is 5.04. The van der Waals surface area contributed by atoms with Crippen LogP contribution in [0.4, 0.5) is 11.5 Å². The molecule has 1 aromatic carbocycles. The van der Waals surface area contributed by atoms with Crippen LogP contribution in [0.25, 0.3) is 0 Å². The van der Waals surface area contributed by atoms with Crippen LogP contribution >= 0.6 is 0 Å². The van der Waals surface area contributed by atoms with E-state index in [1.165, 1.54) is 0 Å². The van der Waals surface area contributed by atoms with Gasteiger partial charge >= 0.3 is 0 Å². The van der Waals surface area contributed by atoms with Crippen molar-refractivity contribution in [3.63, 3.8) is 0 Å². The zero-order valence-corrected chi connectivity index (χ0v) is 17.8. The molecule has 3 aromatic rings. The van der Waals surface area contributed by atoms with E-state index in [1.54, 1.807) is 10.5 Å². The summed E-state index contributed by atoms with van der Waals surface area (Å²) in [5.74, 6) is 1.12. The Kier molecular flexibility index (Phi) is 6.11. The zero-order valence-electron chi connectivity index (χ0n) is 17.0. The lowest BCUT2D eigenvalue weighted by Crippen LogP contribution is -2.38. The molecule has 0 bridgehead atoms. The fourth-order valence-corrected chi connectivity index (χ4v) is 5.39. The SMILES string of the molecule is Cc1cccc(CS(=O)(=O)N2CCC(c3ccc(Nc4ccccn4)cn3)CC2)c1. The first-order valence-corrected chi connectivity index (χ1v) is 11.8. The van der Waals surface area contributed by atoms with Crippen molar-refractivity contribution < 1.29 is 8.42 Å². The molecule has 0 amide bonds. The van der Waals surface area contributed by atoms with Gasteiger partial charge in [0.2, 0.25) is 10.0 Å². The zero-order chi connectivity index (χ0) is 21.0. The number of piperidine rings is 1. The Bertz CT molecular complexity index is 1080. The van der Waals surface area contributed by atoms with Crippen LogP contribution in [0.5, 0.6) is 0 Å². The number of nitrogens with one attached hydrogen (secondary N) is 1. The van der Waals surface area contributed by atoms with E-state index >= 15 is 0 Å². The van der Waals surface area contributed by atoms with Crippen molar-refractivity contribution in [3.05, 3.63) is 83.8 Å². The number of aromatic nitrogens is 2. The van der Waals surface area contributed by atoms with Crippen LogP contribution < -0.4 is 5.32 Å². The van der Waals surface area contributed by atoms with E-state index in [-0.39, 0.29) is 11.7 Å². The van der Waals surface area contributed by atoms with Gasteiger partial charge in [-0.2, -0.15) is 0 Å². The highest BCUT2D eigenvalue weighted by Crippen LogP contribution is 2.29. The lowest BCUT2D eigenvalue weighted by atomic mass is 9.94. The molecule has 0 unspecified atom stereocenters. The second kappa shape index (κ2) is 8.93.